The predicted octanol–water partition coefficient (Wildman–Crippen LogP) is 6.95. The molecule has 69 heavy (non-hydrogen) atoms. The predicted molar refractivity (Wildman–Crippen MR) is 266 cm³/mol. The Kier molecular flexibility index (Phi) is 15.4. The Morgan fingerprint density at radius 3 is 2.67 bits per heavy atom. The molecule has 6 heterocycles. The molecule has 0 spiro atoms. The van der Waals surface area contributed by atoms with Crippen LogP contribution >= 0.6 is 22.7 Å². The number of carbonyl (C=O) groups excluding carboxylic acids is 3. The topological polar surface area (TPSA) is 233 Å². The van der Waals surface area contributed by atoms with Gasteiger partial charge < -0.3 is 40.3 Å². The molecule has 0 unspecified atom stereocenters. The largest absolute Gasteiger partial charge is 0.476 e. The standard InChI is InChI=1S/C50H62N12O5S2/c1-30(2)41(47(64)62-22-9-11-37(62)46(63)55-27-33-13-15-34(16-14-33)43-32(4)56-29-68-43)38-25-40(59-67-38)66-24-7-6-20-60-21-10-23-61(31(3)28-60)49-54-19-17-36(57-49)44(52)58-48(65)50(5)18-8-12-39-42(50)35(26-51)45(53)69-39/h13-17,19,25,29-31,37,41H,6-12,18,20-24,27-28,53H2,1-5H3,(H,55,63)(H2,52,58,65)/t31-,37-,41-,50-/m0/s1. The molecule has 2 aliphatic heterocycles. The number of nitrogens with one attached hydrogen (secondary N) is 3. The number of unbranched alkanes of at least 4 members (excludes halogenated alkanes) is 1. The number of nitrogen functional groups attached to an aromatic ring is 1. The number of benzene rings is 1. The molecule has 4 atom stereocenters. The summed E-state index contributed by atoms with van der Waals surface area (Å²) in [7, 11) is 0. The molecular formula is C50H62N12O5S2. The van der Waals surface area contributed by atoms with Gasteiger partial charge in [-0.1, -0.05) is 38.1 Å². The molecule has 0 saturated carbocycles. The third kappa shape index (κ3) is 10.8. The molecular weight excluding hydrogens is 913 g/mol. The van der Waals surface area contributed by atoms with Gasteiger partial charge in [-0.3, -0.25) is 19.8 Å². The van der Waals surface area contributed by atoms with Crippen molar-refractivity contribution in [1.29, 1.82) is 10.7 Å². The first-order valence-electron chi connectivity index (χ1n) is 24.0. The molecule has 0 bridgehead atoms. The average Bonchev–Trinajstić information content (AvgIpc) is 4.15. The molecule has 2 fully saturated rings. The number of anilines is 2. The molecule has 8 rings (SSSR count). The second-order valence-electron chi connectivity index (χ2n) is 18.9. The quantitative estimate of drug-likeness (QED) is 0.0446. The van der Waals surface area contributed by atoms with Crippen molar-refractivity contribution in [3.05, 3.63) is 86.8 Å². The molecule has 1 aromatic carbocycles. The van der Waals surface area contributed by atoms with E-state index in [1.54, 1.807) is 34.6 Å². The summed E-state index contributed by atoms with van der Waals surface area (Å²) in [5, 5.41) is 29.1. The highest BCUT2D eigenvalue weighted by molar-refractivity contribution is 7.16. The lowest BCUT2D eigenvalue weighted by Crippen LogP contribution is -2.47. The van der Waals surface area contributed by atoms with Crippen LogP contribution in [-0.2, 0) is 32.8 Å². The minimum atomic E-state index is -0.984. The fraction of sp³-hybridized carbons (Fsp3) is 0.500. The second-order valence-corrected chi connectivity index (χ2v) is 20.9. The monoisotopic (exact) mass is 974 g/mol. The molecule has 2 saturated heterocycles. The summed E-state index contributed by atoms with van der Waals surface area (Å²) in [6, 6.07) is 13.2. The zero-order chi connectivity index (χ0) is 48.8. The third-order valence-electron chi connectivity index (χ3n) is 13.7. The highest BCUT2D eigenvalue weighted by Gasteiger charge is 2.44. The fourth-order valence-corrected chi connectivity index (χ4v) is 12.0. The van der Waals surface area contributed by atoms with Crippen LogP contribution in [0.4, 0.5) is 10.9 Å². The highest BCUT2D eigenvalue weighted by atomic mass is 32.1. The van der Waals surface area contributed by atoms with E-state index in [1.807, 2.05) is 57.5 Å². The molecule has 3 aliphatic rings. The van der Waals surface area contributed by atoms with E-state index in [0.29, 0.717) is 71.9 Å². The zero-order valence-corrected chi connectivity index (χ0v) is 41.7. The summed E-state index contributed by atoms with van der Waals surface area (Å²) < 4.78 is 11.8. The molecule has 5 N–H and O–H groups in total. The van der Waals surface area contributed by atoms with E-state index < -0.39 is 17.4 Å². The maximum Gasteiger partial charge on any atom is 0.254 e. The fourth-order valence-electron chi connectivity index (χ4n) is 9.99. The number of hydrogen-bond acceptors (Lipinski definition) is 16. The van der Waals surface area contributed by atoms with Crippen LogP contribution in [0, 0.1) is 29.6 Å². The summed E-state index contributed by atoms with van der Waals surface area (Å²) in [6.45, 7) is 14.5. The van der Waals surface area contributed by atoms with E-state index >= 15 is 0 Å². The molecule has 4 aromatic heterocycles. The average molecular weight is 975 g/mol. The second kappa shape index (κ2) is 21.6. The summed E-state index contributed by atoms with van der Waals surface area (Å²) in [5.74, 6) is -0.208. The van der Waals surface area contributed by atoms with Gasteiger partial charge in [-0.15, -0.1) is 22.7 Å². The van der Waals surface area contributed by atoms with Gasteiger partial charge in [0.05, 0.1) is 33.7 Å². The van der Waals surface area contributed by atoms with Gasteiger partial charge in [-0.2, -0.15) is 5.26 Å². The van der Waals surface area contributed by atoms with Crippen molar-refractivity contribution in [3.63, 3.8) is 0 Å². The number of nitrogens with zero attached hydrogens (tertiary/aromatic N) is 8. The molecule has 19 heteroatoms. The van der Waals surface area contributed by atoms with Crippen molar-refractivity contribution in [3.8, 4) is 22.4 Å². The van der Waals surface area contributed by atoms with Crippen molar-refractivity contribution < 1.29 is 23.6 Å². The highest BCUT2D eigenvalue weighted by Crippen LogP contribution is 2.46. The van der Waals surface area contributed by atoms with Gasteiger partial charge in [0, 0.05) is 54.9 Å². The molecule has 1 aliphatic carbocycles. The van der Waals surface area contributed by atoms with Gasteiger partial charge in [0.1, 0.15) is 28.7 Å². The number of ether oxygens (including phenoxy) is 1. The van der Waals surface area contributed by atoms with E-state index in [0.717, 1.165) is 91.3 Å². The number of aromatic nitrogens is 4. The number of likely N-dealkylation sites (tertiary alicyclic amines) is 1. The number of nitrogens with two attached hydrogens (primary N) is 1. The summed E-state index contributed by atoms with van der Waals surface area (Å²) in [5.41, 5.74) is 11.5. The first-order chi connectivity index (χ1) is 33.2. The first-order valence-corrected chi connectivity index (χ1v) is 25.7. The van der Waals surface area contributed by atoms with E-state index in [4.69, 9.17) is 25.4 Å². The maximum atomic E-state index is 14.1. The van der Waals surface area contributed by atoms with Crippen LogP contribution in [0.3, 0.4) is 0 Å². The van der Waals surface area contributed by atoms with Gasteiger partial charge in [0.25, 0.3) is 5.88 Å². The van der Waals surface area contributed by atoms with Crippen molar-refractivity contribution in [2.45, 2.75) is 116 Å². The number of fused-ring (bicyclic) bond motifs is 1. The zero-order valence-electron chi connectivity index (χ0n) is 40.0. The number of hydrogen-bond donors (Lipinski definition) is 4. The van der Waals surface area contributed by atoms with Crippen LogP contribution in [0.25, 0.3) is 10.4 Å². The number of carbonyl (C=O) groups is 3. The molecule has 17 nitrogen and oxygen atoms in total. The van der Waals surface area contributed by atoms with Crippen LogP contribution in [0.2, 0.25) is 0 Å². The normalized spacial score (nSPS) is 20.0. The van der Waals surface area contributed by atoms with E-state index in [1.165, 1.54) is 11.3 Å². The summed E-state index contributed by atoms with van der Waals surface area (Å²) in [6.07, 6.45) is 7.68. The summed E-state index contributed by atoms with van der Waals surface area (Å²) >= 11 is 2.98. The van der Waals surface area contributed by atoms with Crippen LogP contribution in [0.1, 0.15) is 117 Å². The van der Waals surface area contributed by atoms with Crippen LogP contribution in [0.15, 0.2) is 52.6 Å². The number of amidine groups is 1. The van der Waals surface area contributed by atoms with Gasteiger partial charge in [-0.25, -0.2) is 15.0 Å². The van der Waals surface area contributed by atoms with Crippen molar-refractivity contribution >= 4 is 57.2 Å². The van der Waals surface area contributed by atoms with Crippen molar-refractivity contribution in [2.75, 3.05) is 50.0 Å². The van der Waals surface area contributed by atoms with Gasteiger partial charge in [0.15, 0.2) is 11.6 Å². The minimum Gasteiger partial charge on any atom is -0.476 e. The Hall–Kier alpha value is -6.23. The molecule has 3 amide bonds. The number of aryl methyl sites for hydroxylation is 2. The Bertz CT molecular complexity index is 2690. The van der Waals surface area contributed by atoms with E-state index in [9.17, 15) is 19.6 Å². The number of nitriles is 1. The third-order valence-corrected chi connectivity index (χ3v) is 15.8. The van der Waals surface area contributed by atoms with Gasteiger partial charge in [0.2, 0.25) is 23.7 Å². The van der Waals surface area contributed by atoms with Crippen LogP contribution in [0.5, 0.6) is 5.88 Å². The van der Waals surface area contributed by atoms with E-state index in [-0.39, 0.29) is 35.5 Å². The maximum absolute atomic E-state index is 14.1. The minimum absolute atomic E-state index is 0.0915. The lowest BCUT2D eigenvalue weighted by Gasteiger charge is -2.33. The lowest BCUT2D eigenvalue weighted by molar-refractivity contribution is -0.140. The Balaban J connectivity index is 0.783. The molecule has 0 radical (unpaired) electrons. The first kappa shape index (κ1) is 49.2. The SMILES string of the molecule is Cc1ncsc1-c1ccc(CNC(=O)[C@@H]2CCCN2C(=O)[C@H](c2cc(OCCCCN3CCCN(c4nccc(C(=N)NC(=O)[C@@]5(C)CCCc6sc(N)c(C#N)c65)n4)[C@@H](C)C3)no2)C(C)C)cc1. The smallest absolute Gasteiger partial charge is 0.254 e. The Labute approximate surface area is 411 Å². The van der Waals surface area contributed by atoms with Gasteiger partial charge in [-0.05, 0) is 113 Å². The number of rotatable bonds is 16. The van der Waals surface area contributed by atoms with Crippen LogP contribution in [-0.4, -0.2) is 105 Å². The number of thiophene rings is 1. The van der Waals surface area contributed by atoms with Crippen molar-refractivity contribution in [1.82, 2.24) is 40.5 Å². The molecule has 5 aromatic rings. The Morgan fingerprint density at radius 2 is 1.91 bits per heavy atom. The van der Waals surface area contributed by atoms with E-state index in [2.05, 4.69) is 48.6 Å². The van der Waals surface area contributed by atoms with Crippen LogP contribution < -0.4 is 26.0 Å². The Morgan fingerprint density at radius 1 is 1.10 bits per heavy atom. The molecule has 364 valence electrons. The number of amides is 3. The van der Waals surface area contributed by atoms with Crippen molar-refractivity contribution in [2.24, 2.45) is 5.92 Å². The lowest BCUT2D eigenvalue weighted by atomic mass is 9.72. The number of thiazole rings is 1. The van der Waals surface area contributed by atoms with Gasteiger partial charge >= 0.3 is 0 Å². The summed E-state index contributed by atoms with van der Waals surface area (Å²) in [4.78, 5) is 63.4.